The number of para-hydroxylation sites is 1. The average molecular weight is 343 g/mol. The Balaban J connectivity index is 2.04. The molecule has 3 nitrogen and oxygen atoms in total. The first-order valence-electron chi connectivity index (χ1n) is 5.68. The fourth-order valence-corrected chi connectivity index (χ4v) is 2.39. The van der Waals surface area contributed by atoms with E-state index in [2.05, 4.69) is 15.9 Å². The van der Waals surface area contributed by atoms with Crippen LogP contribution in [0.15, 0.2) is 46.9 Å². The van der Waals surface area contributed by atoms with Crippen molar-refractivity contribution in [2.45, 2.75) is 6.10 Å². The van der Waals surface area contributed by atoms with Crippen molar-refractivity contribution >= 4 is 33.2 Å². The lowest BCUT2D eigenvalue weighted by atomic mass is 10.1. The zero-order valence-corrected chi connectivity index (χ0v) is 12.4. The minimum Gasteiger partial charge on any atom is -0.489 e. The first-order valence-corrected chi connectivity index (χ1v) is 6.85. The van der Waals surface area contributed by atoms with Gasteiger partial charge in [0.25, 0.3) is 0 Å². The van der Waals surface area contributed by atoms with Crippen molar-refractivity contribution in [3.05, 3.63) is 57.5 Å². The standard InChI is InChI=1S/C14H13BrClNO2/c15-9-5-6-14(11(16)7-9)19-8-13(18)10-3-1-2-4-12(10)17/h1-7,13,18H,8,17H2. The number of nitrogens with two attached hydrogens (primary N) is 1. The van der Waals surface area contributed by atoms with Crippen LogP contribution in [0.2, 0.25) is 5.02 Å². The molecule has 0 amide bonds. The van der Waals surface area contributed by atoms with Gasteiger partial charge in [-0.1, -0.05) is 45.7 Å². The number of aliphatic hydroxyl groups is 1. The van der Waals surface area contributed by atoms with Gasteiger partial charge in [0.2, 0.25) is 0 Å². The second kappa shape index (κ2) is 6.28. The maximum absolute atomic E-state index is 10.1. The van der Waals surface area contributed by atoms with E-state index in [4.69, 9.17) is 22.1 Å². The highest BCUT2D eigenvalue weighted by Crippen LogP contribution is 2.29. The van der Waals surface area contributed by atoms with Gasteiger partial charge in [-0.15, -0.1) is 0 Å². The Morgan fingerprint density at radius 3 is 2.68 bits per heavy atom. The van der Waals surface area contributed by atoms with Gasteiger partial charge in [-0.05, 0) is 24.3 Å². The molecule has 0 heterocycles. The molecule has 1 unspecified atom stereocenters. The summed E-state index contributed by atoms with van der Waals surface area (Å²) >= 11 is 9.35. The summed E-state index contributed by atoms with van der Waals surface area (Å²) in [4.78, 5) is 0. The number of halogens is 2. The Morgan fingerprint density at radius 1 is 1.26 bits per heavy atom. The number of ether oxygens (including phenoxy) is 1. The van der Waals surface area contributed by atoms with Gasteiger partial charge in [0.1, 0.15) is 18.5 Å². The Hall–Kier alpha value is -1.23. The van der Waals surface area contributed by atoms with Gasteiger partial charge in [0.15, 0.2) is 0 Å². The monoisotopic (exact) mass is 341 g/mol. The van der Waals surface area contributed by atoms with E-state index in [1.165, 1.54) is 0 Å². The van der Waals surface area contributed by atoms with Gasteiger partial charge in [-0.2, -0.15) is 0 Å². The summed E-state index contributed by atoms with van der Waals surface area (Å²) in [6, 6.07) is 12.5. The topological polar surface area (TPSA) is 55.5 Å². The number of aliphatic hydroxyl groups excluding tert-OH is 1. The average Bonchev–Trinajstić information content (AvgIpc) is 2.38. The zero-order chi connectivity index (χ0) is 13.8. The van der Waals surface area contributed by atoms with Crippen LogP contribution in [0.4, 0.5) is 5.69 Å². The molecule has 100 valence electrons. The third-order valence-electron chi connectivity index (χ3n) is 2.65. The maximum Gasteiger partial charge on any atom is 0.138 e. The van der Waals surface area contributed by atoms with Crippen molar-refractivity contribution in [3.63, 3.8) is 0 Å². The minimum atomic E-state index is -0.791. The largest absolute Gasteiger partial charge is 0.489 e. The first kappa shape index (κ1) is 14.2. The van der Waals surface area contributed by atoms with E-state index >= 15 is 0 Å². The predicted octanol–water partition coefficient (Wildman–Crippen LogP) is 3.80. The molecule has 0 aliphatic heterocycles. The van der Waals surface area contributed by atoms with E-state index in [-0.39, 0.29) is 6.61 Å². The third kappa shape index (κ3) is 3.62. The van der Waals surface area contributed by atoms with Crippen LogP contribution in [0, 0.1) is 0 Å². The summed E-state index contributed by atoms with van der Waals surface area (Å²) in [5.41, 5.74) is 6.98. The minimum absolute atomic E-state index is 0.0928. The molecule has 5 heteroatoms. The lowest BCUT2D eigenvalue weighted by molar-refractivity contribution is 0.109. The lowest BCUT2D eigenvalue weighted by Gasteiger charge is -2.15. The normalized spacial score (nSPS) is 12.2. The maximum atomic E-state index is 10.1. The quantitative estimate of drug-likeness (QED) is 0.831. The van der Waals surface area contributed by atoms with E-state index in [9.17, 15) is 5.11 Å². The van der Waals surface area contributed by atoms with Crippen molar-refractivity contribution < 1.29 is 9.84 Å². The highest BCUT2D eigenvalue weighted by Gasteiger charge is 2.12. The van der Waals surface area contributed by atoms with Crippen LogP contribution in [0.3, 0.4) is 0 Å². The van der Waals surface area contributed by atoms with Crippen molar-refractivity contribution in [1.29, 1.82) is 0 Å². The van der Waals surface area contributed by atoms with Gasteiger partial charge >= 0.3 is 0 Å². The molecule has 0 saturated heterocycles. The summed E-state index contributed by atoms with van der Waals surface area (Å²) in [5.74, 6) is 0.526. The zero-order valence-electron chi connectivity index (χ0n) is 10.0. The predicted molar refractivity (Wildman–Crippen MR) is 80.5 cm³/mol. The first-order chi connectivity index (χ1) is 9.08. The third-order valence-corrected chi connectivity index (χ3v) is 3.43. The summed E-state index contributed by atoms with van der Waals surface area (Å²) in [6.07, 6.45) is -0.791. The van der Waals surface area contributed by atoms with Gasteiger partial charge in [-0.25, -0.2) is 0 Å². The summed E-state index contributed by atoms with van der Waals surface area (Å²) in [5, 5.41) is 10.5. The number of hydrogen-bond donors (Lipinski definition) is 2. The highest BCUT2D eigenvalue weighted by molar-refractivity contribution is 9.10. The Labute approximate surface area is 125 Å². The number of benzene rings is 2. The molecule has 0 bridgehead atoms. The molecular weight excluding hydrogens is 330 g/mol. The van der Waals surface area contributed by atoms with Crippen LogP contribution in [-0.2, 0) is 0 Å². The van der Waals surface area contributed by atoms with Gasteiger partial charge < -0.3 is 15.6 Å². The molecule has 0 radical (unpaired) electrons. The molecule has 1 atom stereocenters. The highest BCUT2D eigenvalue weighted by atomic mass is 79.9. The lowest BCUT2D eigenvalue weighted by Crippen LogP contribution is -2.11. The molecule has 2 aromatic rings. The van der Waals surface area contributed by atoms with Crippen molar-refractivity contribution in [2.75, 3.05) is 12.3 Å². The van der Waals surface area contributed by atoms with E-state index in [0.717, 1.165) is 4.47 Å². The SMILES string of the molecule is Nc1ccccc1C(O)COc1ccc(Br)cc1Cl. The molecule has 19 heavy (non-hydrogen) atoms. The molecule has 0 saturated carbocycles. The smallest absolute Gasteiger partial charge is 0.138 e. The molecule has 2 rings (SSSR count). The van der Waals surface area contributed by atoms with Crippen molar-refractivity contribution in [2.24, 2.45) is 0 Å². The van der Waals surface area contributed by atoms with E-state index in [0.29, 0.717) is 22.0 Å². The van der Waals surface area contributed by atoms with Crippen molar-refractivity contribution in [1.82, 2.24) is 0 Å². The second-order valence-corrected chi connectivity index (χ2v) is 5.35. The Kier molecular flexibility index (Phi) is 4.69. The number of anilines is 1. The Bertz CT molecular complexity index is 577. The van der Waals surface area contributed by atoms with E-state index in [1.54, 1.807) is 24.3 Å². The van der Waals surface area contributed by atoms with E-state index < -0.39 is 6.10 Å². The van der Waals surface area contributed by atoms with Gasteiger partial charge in [0.05, 0.1) is 5.02 Å². The number of nitrogen functional groups attached to an aromatic ring is 1. The van der Waals surface area contributed by atoms with Crippen LogP contribution >= 0.6 is 27.5 Å². The van der Waals surface area contributed by atoms with Crippen LogP contribution in [-0.4, -0.2) is 11.7 Å². The molecule has 3 N–H and O–H groups in total. The summed E-state index contributed by atoms with van der Waals surface area (Å²) in [7, 11) is 0. The van der Waals surface area contributed by atoms with Gasteiger partial charge in [-0.3, -0.25) is 0 Å². The van der Waals surface area contributed by atoms with Crippen LogP contribution in [0.5, 0.6) is 5.75 Å². The summed E-state index contributed by atoms with van der Waals surface area (Å²) < 4.78 is 6.38. The number of hydrogen-bond acceptors (Lipinski definition) is 3. The molecule has 0 spiro atoms. The van der Waals surface area contributed by atoms with E-state index in [1.807, 2.05) is 18.2 Å². The molecule has 0 aliphatic rings. The van der Waals surface area contributed by atoms with Crippen LogP contribution in [0.25, 0.3) is 0 Å². The summed E-state index contributed by atoms with van der Waals surface area (Å²) in [6.45, 7) is 0.0928. The number of rotatable bonds is 4. The van der Waals surface area contributed by atoms with Crippen LogP contribution in [0.1, 0.15) is 11.7 Å². The second-order valence-electron chi connectivity index (χ2n) is 4.03. The molecule has 2 aromatic carbocycles. The Morgan fingerprint density at radius 2 is 2.00 bits per heavy atom. The fraction of sp³-hybridized carbons (Fsp3) is 0.143. The van der Waals surface area contributed by atoms with Gasteiger partial charge in [0, 0.05) is 15.7 Å². The van der Waals surface area contributed by atoms with Crippen molar-refractivity contribution in [3.8, 4) is 5.75 Å². The molecule has 0 fully saturated rings. The molecular formula is C14H13BrClNO2. The molecule has 0 aliphatic carbocycles. The fourth-order valence-electron chi connectivity index (χ4n) is 1.67. The molecule has 0 aromatic heterocycles. The van der Waals surface area contributed by atoms with Crippen LogP contribution < -0.4 is 10.5 Å².